The van der Waals surface area contributed by atoms with E-state index >= 15 is 0 Å². The van der Waals surface area contributed by atoms with E-state index in [1.165, 1.54) is 0 Å². The van der Waals surface area contributed by atoms with Gasteiger partial charge in [0.25, 0.3) is 0 Å². The Morgan fingerprint density at radius 1 is 0.775 bits per heavy atom. The summed E-state index contributed by atoms with van der Waals surface area (Å²) in [6.07, 6.45) is -1.67. The predicted molar refractivity (Wildman–Crippen MR) is 152 cm³/mol. The van der Waals surface area contributed by atoms with Crippen molar-refractivity contribution in [2.24, 2.45) is 0 Å². The fraction of sp³-hybridized carbons (Fsp3) is 0.294. The molecule has 40 heavy (non-hydrogen) atoms. The minimum Gasteiger partial charge on any atom is -0.497 e. The summed E-state index contributed by atoms with van der Waals surface area (Å²) in [4.78, 5) is 0. The largest absolute Gasteiger partial charge is 0.497 e. The van der Waals surface area contributed by atoms with E-state index in [2.05, 4.69) is 12.1 Å². The first kappa shape index (κ1) is 26.5. The van der Waals surface area contributed by atoms with Crippen LogP contribution >= 0.6 is 0 Å². The van der Waals surface area contributed by atoms with Crippen LogP contribution in [-0.2, 0) is 19.8 Å². The average Bonchev–Trinajstić information content (AvgIpc) is 3.47. The zero-order chi connectivity index (χ0) is 27.7. The third kappa shape index (κ3) is 4.38. The van der Waals surface area contributed by atoms with Crippen LogP contribution < -0.4 is 9.47 Å². The summed E-state index contributed by atoms with van der Waals surface area (Å²) in [7, 11) is 3.30. The molecule has 2 saturated heterocycles. The second-order valence-corrected chi connectivity index (χ2v) is 10.5. The number of hydrogen-bond donors (Lipinski definition) is 1. The van der Waals surface area contributed by atoms with Crippen molar-refractivity contribution >= 4 is 0 Å². The first-order valence-corrected chi connectivity index (χ1v) is 13.5. The highest BCUT2D eigenvalue weighted by Crippen LogP contribution is 2.50. The molecule has 6 nitrogen and oxygen atoms in total. The van der Waals surface area contributed by atoms with Gasteiger partial charge in [-0.05, 0) is 59.0 Å². The molecule has 0 aromatic heterocycles. The lowest BCUT2D eigenvalue weighted by Crippen LogP contribution is -2.48. The number of benzene rings is 4. The minimum atomic E-state index is -1.02. The average molecular weight is 539 g/mol. The highest BCUT2D eigenvalue weighted by Gasteiger charge is 2.62. The van der Waals surface area contributed by atoms with E-state index < -0.39 is 23.4 Å². The Balaban J connectivity index is 1.44. The van der Waals surface area contributed by atoms with Crippen LogP contribution in [0.2, 0.25) is 0 Å². The van der Waals surface area contributed by atoms with E-state index in [4.69, 9.17) is 23.7 Å². The molecule has 4 aromatic rings. The smallest absolute Gasteiger partial charge is 0.144 e. The topological polar surface area (TPSA) is 66.4 Å². The van der Waals surface area contributed by atoms with Gasteiger partial charge in [0.1, 0.15) is 41.0 Å². The van der Waals surface area contributed by atoms with Crippen LogP contribution in [0.25, 0.3) is 0 Å². The highest BCUT2D eigenvalue weighted by molar-refractivity contribution is 5.50. The molecule has 206 valence electrons. The van der Waals surface area contributed by atoms with Crippen LogP contribution in [0.4, 0.5) is 0 Å². The molecule has 6 rings (SSSR count). The predicted octanol–water partition coefficient (Wildman–Crippen LogP) is 5.59. The Hall–Kier alpha value is -3.68. The first-order chi connectivity index (χ1) is 19.5. The third-order valence-electron chi connectivity index (χ3n) is 8.23. The van der Waals surface area contributed by atoms with Gasteiger partial charge in [-0.1, -0.05) is 78.9 Å². The Morgan fingerprint density at radius 2 is 1.32 bits per heavy atom. The summed E-state index contributed by atoms with van der Waals surface area (Å²) in [5.41, 5.74) is 2.86. The van der Waals surface area contributed by atoms with Crippen LogP contribution in [0.15, 0.2) is 103 Å². The molecule has 0 aliphatic carbocycles. The summed E-state index contributed by atoms with van der Waals surface area (Å²) in [6, 6.07) is 34.0. The molecule has 0 amide bonds. The molecule has 1 unspecified atom stereocenters. The van der Waals surface area contributed by atoms with E-state index in [0.29, 0.717) is 0 Å². The molecular weight excluding hydrogens is 504 g/mol. The molecule has 2 fully saturated rings. The summed E-state index contributed by atoms with van der Waals surface area (Å²) >= 11 is 0. The van der Waals surface area contributed by atoms with Gasteiger partial charge in [0.05, 0.1) is 27.4 Å². The van der Waals surface area contributed by atoms with Crippen molar-refractivity contribution in [2.45, 2.75) is 36.4 Å². The Morgan fingerprint density at radius 3 is 1.90 bits per heavy atom. The van der Waals surface area contributed by atoms with E-state index in [-0.39, 0.29) is 19.3 Å². The molecule has 2 bridgehead atoms. The molecule has 0 radical (unpaired) electrons. The van der Waals surface area contributed by atoms with Crippen molar-refractivity contribution in [2.75, 3.05) is 27.4 Å². The molecule has 2 heterocycles. The lowest BCUT2D eigenvalue weighted by Gasteiger charge is -2.39. The molecule has 0 spiro atoms. The van der Waals surface area contributed by atoms with Crippen molar-refractivity contribution in [3.63, 3.8) is 0 Å². The zero-order valence-corrected chi connectivity index (χ0v) is 22.9. The van der Waals surface area contributed by atoms with Crippen LogP contribution in [-0.4, -0.2) is 50.3 Å². The second kappa shape index (κ2) is 10.7. The number of aliphatic hydroxyl groups is 1. The molecule has 0 saturated carbocycles. The maximum absolute atomic E-state index is 11.5. The van der Waals surface area contributed by atoms with Gasteiger partial charge in [-0.2, -0.15) is 0 Å². The lowest BCUT2D eigenvalue weighted by molar-refractivity contribution is -0.184. The van der Waals surface area contributed by atoms with E-state index in [1.54, 1.807) is 14.2 Å². The molecular formula is C34H34O6. The fourth-order valence-corrected chi connectivity index (χ4v) is 6.00. The summed E-state index contributed by atoms with van der Waals surface area (Å²) in [6.45, 7) is 2.41. The van der Waals surface area contributed by atoms with Gasteiger partial charge in [0.2, 0.25) is 0 Å². The van der Waals surface area contributed by atoms with E-state index in [0.717, 1.165) is 39.3 Å². The SMILES string of the molecule is COc1ccc(C(OC[C@]23CO[C@@H](C2O)[C@H](c2ccccc2C)O3)(c2ccccc2)c2ccc(OC)cc2)cc1. The van der Waals surface area contributed by atoms with Crippen LogP contribution in [0.3, 0.4) is 0 Å². The van der Waals surface area contributed by atoms with Crippen molar-refractivity contribution in [3.05, 3.63) is 131 Å². The normalized spacial score (nSPS) is 23.8. The van der Waals surface area contributed by atoms with Crippen LogP contribution in [0.1, 0.15) is 33.9 Å². The fourth-order valence-electron chi connectivity index (χ4n) is 6.00. The van der Waals surface area contributed by atoms with Crippen molar-refractivity contribution in [1.82, 2.24) is 0 Å². The Bertz CT molecular complexity index is 1390. The Labute approximate surface area is 235 Å². The summed E-state index contributed by atoms with van der Waals surface area (Å²) < 4.78 is 30.8. The van der Waals surface area contributed by atoms with Gasteiger partial charge < -0.3 is 28.8 Å². The van der Waals surface area contributed by atoms with E-state index in [1.807, 2.05) is 97.9 Å². The van der Waals surface area contributed by atoms with Crippen molar-refractivity contribution in [1.29, 1.82) is 0 Å². The van der Waals surface area contributed by atoms with Crippen LogP contribution in [0.5, 0.6) is 11.5 Å². The molecule has 1 N–H and O–H groups in total. The number of fused-ring (bicyclic) bond motifs is 2. The molecule has 4 aromatic carbocycles. The van der Waals surface area contributed by atoms with Crippen molar-refractivity contribution in [3.8, 4) is 11.5 Å². The quantitative estimate of drug-likeness (QED) is 0.280. The highest BCUT2D eigenvalue weighted by atomic mass is 16.7. The van der Waals surface area contributed by atoms with Gasteiger partial charge in [-0.15, -0.1) is 0 Å². The van der Waals surface area contributed by atoms with Gasteiger partial charge in [0.15, 0.2) is 0 Å². The van der Waals surface area contributed by atoms with Gasteiger partial charge in [0, 0.05) is 0 Å². The molecule has 6 heteroatoms. The minimum absolute atomic E-state index is 0.111. The molecule has 2 aliphatic heterocycles. The number of aryl methyl sites for hydroxylation is 1. The van der Waals surface area contributed by atoms with E-state index in [9.17, 15) is 5.11 Å². The lowest BCUT2D eigenvalue weighted by atomic mass is 9.79. The first-order valence-electron chi connectivity index (χ1n) is 13.5. The maximum Gasteiger partial charge on any atom is 0.144 e. The standard InChI is InChI=1S/C34H34O6/c1-23-9-7-8-12-29(23)30-31-32(35)33(40-30,21-38-31)22-39-34(24-10-5-4-6-11-24,25-13-17-27(36-2)18-14-25)26-15-19-28(37-3)20-16-26/h4-20,30-32,35H,21-22H2,1-3H3/t30-,31+,32?,33+/m0/s1. The number of hydrogen-bond acceptors (Lipinski definition) is 6. The number of rotatable bonds is 9. The van der Waals surface area contributed by atoms with Gasteiger partial charge in [-0.25, -0.2) is 0 Å². The van der Waals surface area contributed by atoms with Crippen molar-refractivity contribution < 1.29 is 28.8 Å². The zero-order valence-electron chi connectivity index (χ0n) is 22.9. The Kier molecular flexibility index (Phi) is 7.11. The number of methoxy groups -OCH3 is 2. The van der Waals surface area contributed by atoms with Crippen LogP contribution in [0, 0.1) is 6.92 Å². The molecule has 2 aliphatic rings. The molecule has 4 atom stereocenters. The second-order valence-electron chi connectivity index (χ2n) is 10.5. The maximum atomic E-state index is 11.5. The number of ether oxygens (including phenoxy) is 5. The summed E-state index contributed by atoms with van der Waals surface area (Å²) in [5.74, 6) is 1.50. The number of aliphatic hydroxyl groups excluding tert-OH is 1. The van der Waals surface area contributed by atoms with Gasteiger partial charge >= 0.3 is 0 Å². The monoisotopic (exact) mass is 538 g/mol. The summed E-state index contributed by atoms with van der Waals surface area (Å²) in [5, 5.41) is 11.5. The van der Waals surface area contributed by atoms with Gasteiger partial charge in [-0.3, -0.25) is 0 Å². The third-order valence-corrected chi connectivity index (χ3v) is 8.23.